The van der Waals surface area contributed by atoms with Crippen molar-refractivity contribution in [2.45, 2.75) is 4.90 Å². The van der Waals surface area contributed by atoms with Crippen LogP contribution >= 0.6 is 23.4 Å². The Balaban J connectivity index is 3.07. The zero-order valence-electron chi connectivity index (χ0n) is 5.73. The highest BCUT2D eigenvalue weighted by Crippen LogP contribution is 2.22. The highest BCUT2D eigenvalue weighted by atomic mass is 35.5. The van der Waals surface area contributed by atoms with Gasteiger partial charge >= 0.3 is 0 Å². The van der Waals surface area contributed by atoms with Crippen molar-refractivity contribution in [3.63, 3.8) is 0 Å². The number of benzene rings is 1. The molecule has 0 amide bonds. The number of halogens is 1. The second kappa shape index (κ2) is 3.31. The quantitative estimate of drug-likeness (QED) is 0.585. The molecular weight excluding hydrogens is 164 g/mol. The van der Waals surface area contributed by atoms with E-state index in [0.717, 1.165) is 10.6 Å². The molecule has 1 aromatic rings. The molecule has 0 unspecified atom stereocenters. The molecule has 0 aromatic heterocycles. The van der Waals surface area contributed by atoms with Gasteiger partial charge in [0.1, 0.15) is 0 Å². The van der Waals surface area contributed by atoms with Gasteiger partial charge in [0.15, 0.2) is 0 Å². The Morgan fingerprint density at radius 1 is 1.50 bits per heavy atom. The van der Waals surface area contributed by atoms with E-state index in [1.807, 2.05) is 24.5 Å². The van der Waals surface area contributed by atoms with Crippen LogP contribution in [0.4, 0.5) is 0 Å². The van der Waals surface area contributed by atoms with Crippen LogP contribution in [0.2, 0.25) is 5.02 Å². The Morgan fingerprint density at radius 2 is 2.20 bits per heavy atom. The molecule has 0 bridgehead atoms. The van der Waals surface area contributed by atoms with Gasteiger partial charge in [-0.25, -0.2) is 0 Å². The SMILES string of the molecule is [CH2]c1cc(Cl)ccc1SC. The third kappa shape index (κ3) is 1.68. The summed E-state index contributed by atoms with van der Waals surface area (Å²) in [4.78, 5) is 1.18. The molecule has 0 saturated carbocycles. The highest BCUT2D eigenvalue weighted by Gasteiger charge is 1.95. The lowest BCUT2D eigenvalue weighted by atomic mass is 10.2. The normalized spacial score (nSPS) is 9.90. The van der Waals surface area contributed by atoms with Crippen LogP contribution in [0.1, 0.15) is 5.56 Å². The maximum absolute atomic E-state index is 5.72. The number of rotatable bonds is 1. The van der Waals surface area contributed by atoms with Crippen LogP contribution in [0.3, 0.4) is 0 Å². The summed E-state index contributed by atoms with van der Waals surface area (Å²) in [6.45, 7) is 3.85. The monoisotopic (exact) mass is 171 g/mol. The second-order valence-corrected chi connectivity index (χ2v) is 3.24. The standard InChI is InChI=1S/C8H8ClS/c1-6-5-7(9)3-4-8(6)10-2/h3-5H,1H2,2H3. The summed E-state index contributed by atoms with van der Waals surface area (Å²) in [5.41, 5.74) is 1.00. The topological polar surface area (TPSA) is 0 Å². The van der Waals surface area contributed by atoms with E-state index in [1.54, 1.807) is 11.8 Å². The van der Waals surface area contributed by atoms with Gasteiger partial charge in [0.2, 0.25) is 0 Å². The summed E-state index contributed by atoms with van der Waals surface area (Å²) < 4.78 is 0. The van der Waals surface area contributed by atoms with E-state index in [2.05, 4.69) is 6.92 Å². The van der Waals surface area contributed by atoms with E-state index in [4.69, 9.17) is 11.6 Å². The fourth-order valence-corrected chi connectivity index (χ4v) is 1.47. The average molecular weight is 172 g/mol. The van der Waals surface area contributed by atoms with E-state index in [9.17, 15) is 0 Å². The molecule has 0 aliphatic rings. The number of hydrogen-bond donors (Lipinski definition) is 0. The lowest BCUT2D eigenvalue weighted by molar-refractivity contribution is 1.39. The maximum atomic E-state index is 5.72. The molecule has 0 atom stereocenters. The van der Waals surface area contributed by atoms with Gasteiger partial charge < -0.3 is 0 Å². The van der Waals surface area contributed by atoms with E-state index < -0.39 is 0 Å². The predicted octanol–water partition coefficient (Wildman–Crippen LogP) is 3.24. The summed E-state index contributed by atoms with van der Waals surface area (Å²) in [6, 6.07) is 5.73. The maximum Gasteiger partial charge on any atom is 0.0409 e. The van der Waals surface area contributed by atoms with Crippen molar-refractivity contribution in [1.29, 1.82) is 0 Å². The van der Waals surface area contributed by atoms with Crippen molar-refractivity contribution in [1.82, 2.24) is 0 Å². The van der Waals surface area contributed by atoms with Crippen molar-refractivity contribution < 1.29 is 0 Å². The van der Waals surface area contributed by atoms with Crippen LogP contribution in [0, 0.1) is 6.92 Å². The van der Waals surface area contributed by atoms with Crippen LogP contribution in [0.5, 0.6) is 0 Å². The van der Waals surface area contributed by atoms with Crippen LogP contribution in [0.15, 0.2) is 23.1 Å². The Labute approximate surface area is 70.6 Å². The van der Waals surface area contributed by atoms with Gasteiger partial charge in [0, 0.05) is 9.92 Å². The van der Waals surface area contributed by atoms with Gasteiger partial charge in [0.25, 0.3) is 0 Å². The minimum absolute atomic E-state index is 0.753. The molecule has 1 rings (SSSR count). The van der Waals surface area contributed by atoms with E-state index in [0.29, 0.717) is 0 Å². The fourth-order valence-electron chi connectivity index (χ4n) is 0.747. The van der Waals surface area contributed by atoms with Crippen LogP contribution in [0.25, 0.3) is 0 Å². The predicted molar refractivity (Wildman–Crippen MR) is 47.7 cm³/mol. The molecule has 1 aromatic carbocycles. The highest BCUT2D eigenvalue weighted by molar-refractivity contribution is 7.98. The van der Waals surface area contributed by atoms with Gasteiger partial charge in [-0.1, -0.05) is 11.6 Å². The van der Waals surface area contributed by atoms with Crippen molar-refractivity contribution in [3.05, 3.63) is 35.7 Å². The van der Waals surface area contributed by atoms with E-state index in [1.165, 1.54) is 4.90 Å². The molecular formula is C8H8ClS. The molecule has 0 N–H and O–H groups in total. The van der Waals surface area contributed by atoms with Gasteiger partial charge in [-0.05, 0) is 36.9 Å². The molecule has 0 nitrogen and oxygen atoms in total. The first kappa shape index (κ1) is 7.96. The third-order valence-electron chi connectivity index (χ3n) is 1.24. The lowest BCUT2D eigenvalue weighted by Crippen LogP contribution is -1.76. The van der Waals surface area contributed by atoms with Crippen LogP contribution < -0.4 is 0 Å². The molecule has 2 heteroatoms. The number of hydrogen-bond acceptors (Lipinski definition) is 1. The first-order valence-electron chi connectivity index (χ1n) is 2.89. The molecule has 0 heterocycles. The first-order chi connectivity index (χ1) is 4.74. The van der Waals surface area contributed by atoms with Gasteiger partial charge in [-0.3, -0.25) is 0 Å². The van der Waals surface area contributed by atoms with E-state index in [-0.39, 0.29) is 0 Å². The van der Waals surface area contributed by atoms with E-state index >= 15 is 0 Å². The van der Waals surface area contributed by atoms with Crippen molar-refractivity contribution in [2.75, 3.05) is 6.26 Å². The number of thioether (sulfide) groups is 1. The molecule has 0 saturated heterocycles. The smallest absolute Gasteiger partial charge is 0.0409 e. The Hall–Kier alpha value is -0.140. The van der Waals surface area contributed by atoms with Gasteiger partial charge in [-0.15, -0.1) is 11.8 Å². The molecule has 0 aliphatic heterocycles. The Kier molecular flexibility index (Phi) is 2.64. The van der Waals surface area contributed by atoms with Crippen molar-refractivity contribution >= 4 is 23.4 Å². The third-order valence-corrected chi connectivity index (χ3v) is 2.32. The molecule has 0 fully saturated rings. The van der Waals surface area contributed by atoms with Crippen molar-refractivity contribution in [2.24, 2.45) is 0 Å². The largest absolute Gasteiger partial charge is 0.129 e. The average Bonchev–Trinajstić information content (AvgIpc) is 1.88. The first-order valence-corrected chi connectivity index (χ1v) is 4.50. The summed E-state index contributed by atoms with van der Waals surface area (Å²) >= 11 is 7.41. The zero-order chi connectivity index (χ0) is 7.56. The molecule has 1 radical (unpaired) electrons. The minimum Gasteiger partial charge on any atom is -0.129 e. The fraction of sp³-hybridized carbons (Fsp3) is 0.125. The van der Waals surface area contributed by atoms with Crippen LogP contribution in [-0.2, 0) is 0 Å². The minimum atomic E-state index is 0.753. The van der Waals surface area contributed by atoms with Gasteiger partial charge in [-0.2, -0.15) is 0 Å². The lowest BCUT2D eigenvalue weighted by Gasteiger charge is -2.00. The molecule has 10 heavy (non-hydrogen) atoms. The second-order valence-electron chi connectivity index (χ2n) is 1.96. The summed E-state index contributed by atoms with van der Waals surface area (Å²) in [5, 5.41) is 0.753. The Bertz CT molecular complexity index is 233. The summed E-state index contributed by atoms with van der Waals surface area (Å²) in [6.07, 6.45) is 2.03. The van der Waals surface area contributed by atoms with Crippen molar-refractivity contribution in [3.8, 4) is 0 Å². The van der Waals surface area contributed by atoms with Gasteiger partial charge in [0.05, 0.1) is 0 Å². The Morgan fingerprint density at radius 3 is 2.70 bits per heavy atom. The summed E-state index contributed by atoms with van der Waals surface area (Å²) in [7, 11) is 0. The molecule has 0 aliphatic carbocycles. The summed E-state index contributed by atoms with van der Waals surface area (Å²) in [5.74, 6) is 0. The molecule has 0 spiro atoms. The molecule has 53 valence electrons. The zero-order valence-corrected chi connectivity index (χ0v) is 7.30. The van der Waals surface area contributed by atoms with Crippen LogP contribution in [-0.4, -0.2) is 6.26 Å².